The lowest BCUT2D eigenvalue weighted by Gasteiger charge is -2.35. The number of hydrogen-bond acceptors (Lipinski definition) is 2. The summed E-state index contributed by atoms with van der Waals surface area (Å²) >= 11 is 0. The Balaban J connectivity index is 1.84. The van der Waals surface area contributed by atoms with E-state index in [1.54, 1.807) is 37.3 Å². The number of anilines is 1. The van der Waals surface area contributed by atoms with E-state index < -0.39 is 29.6 Å². The number of hydrogen-bond donors (Lipinski definition) is 2. The summed E-state index contributed by atoms with van der Waals surface area (Å²) in [4.78, 5) is 25.3. The fourth-order valence-corrected chi connectivity index (χ4v) is 3.43. The van der Waals surface area contributed by atoms with Gasteiger partial charge in [0.05, 0.1) is 11.6 Å². The van der Waals surface area contributed by atoms with Gasteiger partial charge in [-0.05, 0) is 24.0 Å². The molecule has 2 unspecified atom stereocenters. The number of nitrogens with one attached hydrogen (secondary N) is 1. The molecule has 3 rings (SSSR count). The first kappa shape index (κ1) is 18.8. The number of rotatable bonds is 3. The van der Waals surface area contributed by atoms with E-state index in [9.17, 15) is 23.5 Å². The average Bonchev–Trinajstić information content (AvgIpc) is 2.63. The number of halogens is 2. The summed E-state index contributed by atoms with van der Waals surface area (Å²) in [7, 11) is 0. The first-order valence-electron chi connectivity index (χ1n) is 8.70. The highest BCUT2D eigenvalue weighted by Crippen LogP contribution is 2.32. The first-order chi connectivity index (χ1) is 12.9. The number of carboxylic acids is 1. The van der Waals surface area contributed by atoms with Gasteiger partial charge in [0.2, 0.25) is 0 Å². The Morgan fingerprint density at radius 3 is 2.52 bits per heavy atom. The molecule has 2 atom stereocenters. The molecule has 0 spiro atoms. The third kappa shape index (κ3) is 4.07. The molecule has 27 heavy (non-hydrogen) atoms. The van der Waals surface area contributed by atoms with Gasteiger partial charge in [0, 0.05) is 24.7 Å². The summed E-state index contributed by atoms with van der Waals surface area (Å²) in [6.45, 7) is 2.29. The molecule has 1 saturated heterocycles. The number of carbonyl (C=O) groups excluding carboxylic acids is 1. The molecule has 1 aliphatic rings. The van der Waals surface area contributed by atoms with Crippen LogP contribution in [-0.4, -0.2) is 35.1 Å². The van der Waals surface area contributed by atoms with Gasteiger partial charge in [0.25, 0.3) is 0 Å². The van der Waals surface area contributed by atoms with E-state index in [4.69, 9.17) is 0 Å². The lowest BCUT2D eigenvalue weighted by atomic mass is 9.87. The topological polar surface area (TPSA) is 69.6 Å². The zero-order valence-corrected chi connectivity index (χ0v) is 14.8. The highest BCUT2D eigenvalue weighted by atomic mass is 19.1. The second-order valence-electron chi connectivity index (χ2n) is 6.76. The van der Waals surface area contributed by atoms with Gasteiger partial charge in [0.15, 0.2) is 0 Å². The monoisotopic (exact) mass is 374 g/mol. The van der Waals surface area contributed by atoms with Gasteiger partial charge in [0.1, 0.15) is 11.6 Å². The number of carbonyl (C=O) groups is 2. The molecule has 2 amide bonds. The Morgan fingerprint density at radius 2 is 1.89 bits per heavy atom. The number of amides is 2. The number of likely N-dealkylation sites (tertiary alicyclic amines) is 1. The molecular weight excluding hydrogens is 354 g/mol. The normalized spacial score (nSPS) is 19.6. The van der Waals surface area contributed by atoms with Crippen molar-refractivity contribution in [1.29, 1.82) is 0 Å². The number of carboxylic acid groups (broad SMARTS) is 1. The number of piperidine rings is 1. The Hall–Kier alpha value is -2.96. The molecule has 1 aliphatic heterocycles. The molecule has 1 heterocycles. The highest BCUT2D eigenvalue weighted by Gasteiger charge is 2.33. The second kappa shape index (κ2) is 7.73. The summed E-state index contributed by atoms with van der Waals surface area (Å²) < 4.78 is 28.2. The molecule has 7 heteroatoms. The smallest absolute Gasteiger partial charge is 0.321 e. The molecule has 2 N–H and O–H groups in total. The van der Waals surface area contributed by atoms with Crippen molar-refractivity contribution in [3.8, 4) is 11.1 Å². The Bertz CT molecular complexity index is 858. The number of aliphatic carboxylic acids is 1. The van der Waals surface area contributed by atoms with Crippen molar-refractivity contribution >= 4 is 17.7 Å². The molecule has 5 nitrogen and oxygen atoms in total. The Kier molecular flexibility index (Phi) is 5.39. The van der Waals surface area contributed by atoms with E-state index in [0.29, 0.717) is 12.0 Å². The van der Waals surface area contributed by atoms with E-state index >= 15 is 0 Å². The SMILES string of the molecule is CC1CN(C(=O)Nc2c(F)cc(F)cc2-c2ccccc2)CCC1C(=O)O. The van der Waals surface area contributed by atoms with E-state index in [2.05, 4.69) is 5.32 Å². The maximum absolute atomic E-state index is 14.4. The number of benzene rings is 2. The molecule has 0 bridgehead atoms. The lowest BCUT2D eigenvalue weighted by molar-refractivity contribution is -0.145. The van der Waals surface area contributed by atoms with Crippen molar-refractivity contribution in [3.05, 3.63) is 54.1 Å². The van der Waals surface area contributed by atoms with Crippen LogP contribution in [0.1, 0.15) is 13.3 Å². The molecule has 0 saturated carbocycles. The predicted molar refractivity (Wildman–Crippen MR) is 97.3 cm³/mol. The summed E-state index contributed by atoms with van der Waals surface area (Å²) in [5.74, 6) is -3.19. The minimum absolute atomic E-state index is 0.0967. The van der Waals surface area contributed by atoms with Crippen LogP contribution in [0.5, 0.6) is 0 Å². The summed E-state index contributed by atoms with van der Waals surface area (Å²) in [6.07, 6.45) is 0.335. The predicted octanol–water partition coefficient (Wildman–Crippen LogP) is 4.21. The third-order valence-corrected chi connectivity index (χ3v) is 4.88. The van der Waals surface area contributed by atoms with Crippen LogP contribution in [0.15, 0.2) is 42.5 Å². The maximum atomic E-state index is 14.4. The van der Waals surface area contributed by atoms with Crippen LogP contribution in [0.3, 0.4) is 0 Å². The third-order valence-electron chi connectivity index (χ3n) is 4.88. The van der Waals surface area contributed by atoms with E-state index in [1.165, 1.54) is 11.0 Å². The number of nitrogens with zero attached hydrogens (tertiary/aromatic N) is 1. The summed E-state index contributed by atoms with van der Waals surface area (Å²) in [5.41, 5.74) is 0.722. The van der Waals surface area contributed by atoms with E-state index in [-0.39, 0.29) is 30.3 Å². The zero-order valence-electron chi connectivity index (χ0n) is 14.8. The maximum Gasteiger partial charge on any atom is 0.321 e. The minimum Gasteiger partial charge on any atom is -0.481 e. The van der Waals surface area contributed by atoms with Crippen LogP contribution in [-0.2, 0) is 4.79 Å². The van der Waals surface area contributed by atoms with E-state index in [0.717, 1.165) is 6.07 Å². The van der Waals surface area contributed by atoms with Crippen LogP contribution in [0, 0.1) is 23.5 Å². The molecule has 0 aliphatic carbocycles. The first-order valence-corrected chi connectivity index (χ1v) is 8.70. The Morgan fingerprint density at radius 1 is 1.19 bits per heavy atom. The van der Waals surface area contributed by atoms with Crippen molar-refractivity contribution in [2.45, 2.75) is 13.3 Å². The van der Waals surface area contributed by atoms with Crippen LogP contribution in [0.2, 0.25) is 0 Å². The molecule has 2 aromatic carbocycles. The van der Waals surface area contributed by atoms with Crippen molar-refractivity contribution in [1.82, 2.24) is 4.90 Å². The largest absolute Gasteiger partial charge is 0.481 e. The van der Waals surface area contributed by atoms with Gasteiger partial charge in [-0.3, -0.25) is 4.79 Å². The molecule has 0 radical (unpaired) electrons. The molecular formula is C20H20F2N2O3. The van der Waals surface area contributed by atoms with Gasteiger partial charge in [-0.15, -0.1) is 0 Å². The van der Waals surface area contributed by atoms with Crippen molar-refractivity contribution in [2.24, 2.45) is 11.8 Å². The fraction of sp³-hybridized carbons (Fsp3) is 0.300. The minimum atomic E-state index is -0.876. The van der Waals surface area contributed by atoms with Crippen molar-refractivity contribution in [2.75, 3.05) is 18.4 Å². The fourth-order valence-electron chi connectivity index (χ4n) is 3.43. The van der Waals surface area contributed by atoms with Gasteiger partial charge >= 0.3 is 12.0 Å². The quantitative estimate of drug-likeness (QED) is 0.846. The molecule has 2 aromatic rings. The van der Waals surface area contributed by atoms with Gasteiger partial charge in [-0.2, -0.15) is 0 Å². The number of urea groups is 1. The van der Waals surface area contributed by atoms with Crippen LogP contribution in [0.25, 0.3) is 11.1 Å². The van der Waals surface area contributed by atoms with Crippen LogP contribution in [0.4, 0.5) is 19.3 Å². The summed E-state index contributed by atoms with van der Waals surface area (Å²) in [5, 5.41) is 11.7. The Labute approximate surface area is 155 Å². The van der Waals surface area contributed by atoms with Crippen molar-refractivity contribution < 1.29 is 23.5 Å². The highest BCUT2D eigenvalue weighted by molar-refractivity contribution is 5.95. The zero-order chi connectivity index (χ0) is 19.6. The standard InChI is InChI=1S/C20H20F2N2O3/c1-12-11-24(8-7-15(12)19(25)26)20(27)23-18-16(9-14(21)10-17(18)22)13-5-3-2-4-6-13/h2-6,9-10,12,15H,7-8,11H2,1H3,(H,23,27)(H,25,26). The molecule has 1 fully saturated rings. The molecule has 0 aromatic heterocycles. The summed E-state index contributed by atoms with van der Waals surface area (Å²) in [6, 6.07) is 10.0. The van der Waals surface area contributed by atoms with Gasteiger partial charge in [-0.25, -0.2) is 13.6 Å². The van der Waals surface area contributed by atoms with Crippen LogP contribution >= 0.6 is 0 Å². The van der Waals surface area contributed by atoms with Gasteiger partial charge < -0.3 is 15.3 Å². The van der Waals surface area contributed by atoms with E-state index in [1.807, 2.05) is 0 Å². The van der Waals surface area contributed by atoms with Crippen molar-refractivity contribution in [3.63, 3.8) is 0 Å². The lowest BCUT2D eigenvalue weighted by Crippen LogP contribution is -2.46. The van der Waals surface area contributed by atoms with Gasteiger partial charge in [-0.1, -0.05) is 37.3 Å². The second-order valence-corrected chi connectivity index (χ2v) is 6.76. The van der Waals surface area contributed by atoms with Crippen LogP contribution < -0.4 is 5.32 Å². The average molecular weight is 374 g/mol. The molecule has 142 valence electrons.